The second kappa shape index (κ2) is 7.36. The van der Waals surface area contributed by atoms with E-state index in [1.165, 1.54) is 16.7 Å². The van der Waals surface area contributed by atoms with Crippen LogP contribution in [0, 0.1) is 13.8 Å². The Morgan fingerprint density at radius 1 is 0.815 bits per heavy atom. The summed E-state index contributed by atoms with van der Waals surface area (Å²) in [7, 11) is 0. The van der Waals surface area contributed by atoms with Crippen molar-refractivity contribution in [1.29, 1.82) is 0 Å². The van der Waals surface area contributed by atoms with E-state index in [1.807, 2.05) is 6.92 Å². The molecule has 0 radical (unpaired) electrons. The monoisotopic (exact) mass is 356 g/mol. The fraction of sp³-hybridized carbons (Fsp3) is 0.250. The number of aryl methyl sites for hydroxylation is 3. The van der Waals surface area contributed by atoms with Gasteiger partial charge in [-0.2, -0.15) is 0 Å². The van der Waals surface area contributed by atoms with Gasteiger partial charge in [0.15, 0.2) is 5.58 Å². The Hall–Kier alpha value is -2.94. The molecule has 0 aliphatic carbocycles. The van der Waals surface area contributed by atoms with Gasteiger partial charge in [-0.05, 0) is 43.4 Å². The summed E-state index contributed by atoms with van der Waals surface area (Å²) in [6, 6.07) is 19.3. The zero-order valence-corrected chi connectivity index (χ0v) is 16.1. The van der Waals surface area contributed by atoms with Crippen LogP contribution in [-0.2, 0) is 19.3 Å². The topological polar surface area (TPSA) is 38.9 Å². The van der Waals surface area contributed by atoms with Crippen molar-refractivity contribution < 1.29 is 4.42 Å². The normalized spacial score (nSPS) is 11.2. The highest BCUT2D eigenvalue weighted by Crippen LogP contribution is 2.26. The number of furan rings is 1. The number of nitrogens with zero attached hydrogens (tertiary/aromatic N) is 2. The summed E-state index contributed by atoms with van der Waals surface area (Å²) in [6.07, 6.45) is 2.51. The zero-order chi connectivity index (χ0) is 18.8. The average Bonchev–Trinajstić information content (AvgIpc) is 2.97. The van der Waals surface area contributed by atoms with Crippen LogP contribution in [0.4, 0.5) is 0 Å². The van der Waals surface area contributed by atoms with Crippen LogP contribution in [0.3, 0.4) is 0 Å². The maximum Gasteiger partial charge on any atom is 0.174 e. The van der Waals surface area contributed by atoms with E-state index in [9.17, 15) is 0 Å². The first-order valence-corrected chi connectivity index (χ1v) is 9.51. The maximum absolute atomic E-state index is 5.89. The molecule has 0 bridgehead atoms. The van der Waals surface area contributed by atoms with Gasteiger partial charge in [-0.25, -0.2) is 9.97 Å². The molecule has 0 saturated carbocycles. The Kier molecular flexibility index (Phi) is 4.76. The van der Waals surface area contributed by atoms with Crippen LogP contribution in [0.5, 0.6) is 0 Å². The van der Waals surface area contributed by atoms with Gasteiger partial charge in [-0.3, -0.25) is 0 Å². The third-order valence-electron chi connectivity index (χ3n) is 5.06. The standard InChI is InChI=1S/C24H24N2O/c1-4-21-24-23(16(2)17(3)27-24)26-22(25-21)15-20-12-8-11-19(14-20)13-18-9-6-5-7-10-18/h5-12,14H,4,13,15H2,1-3H3. The van der Waals surface area contributed by atoms with E-state index < -0.39 is 0 Å². The summed E-state index contributed by atoms with van der Waals surface area (Å²) in [6.45, 7) is 6.17. The molecular formula is C24H24N2O. The van der Waals surface area contributed by atoms with Gasteiger partial charge in [-0.15, -0.1) is 0 Å². The van der Waals surface area contributed by atoms with Crippen molar-refractivity contribution in [2.75, 3.05) is 0 Å². The van der Waals surface area contributed by atoms with Crippen molar-refractivity contribution >= 4 is 11.1 Å². The Labute approximate surface area is 160 Å². The number of rotatable bonds is 5. The SMILES string of the molecule is CCc1nc(Cc2cccc(Cc3ccccc3)c2)nc2c(C)c(C)oc12. The van der Waals surface area contributed by atoms with E-state index in [1.54, 1.807) is 0 Å². The van der Waals surface area contributed by atoms with Crippen molar-refractivity contribution in [3.8, 4) is 0 Å². The lowest BCUT2D eigenvalue weighted by molar-refractivity contribution is 0.568. The predicted octanol–water partition coefficient (Wildman–Crippen LogP) is 5.58. The molecule has 0 spiro atoms. The number of hydrogen-bond donors (Lipinski definition) is 0. The van der Waals surface area contributed by atoms with Crippen molar-refractivity contribution in [1.82, 2.24) is 9.97 Å². The second-order valence-electron chi connectivity index (χ2n) is 7.06. The maximum atomic E-state index is 5.89. The third-order valence-corrected chi connectivity index (χ3v) is 5.06. The summed E-state index contributed by atoms with van der Waals surface area (Å²) in [5, 5.41) is 0. The first kappa shape index (κ1) is 17.5. The molecular weight excluding hydrogens is 332 g/mol. The summed E-state index contributed by atoms with van der Waals surface area (Å²) in [4.78, 5) is 9.59. The van der Waals surface area contributed by atoms with Gasteiger partial charge in [0, 0.05) is 12.0 Å². The molecule has 0 fully saturated rings. The van der Waals surface area contributed by atoms with E-state index in [4.69, 9.17) is 14.4 Å². The lowest BCUT2D eigenvalue weighted by Gasteiger charge is -2.07. The van der Waals surface area contributed by atoms with Gasteiger partial charge in [0.05, 0.1) is 5.69 Å². The predicted molar refractivity (Wildman–Crippen MR) is 109 cm³/mol. The highest BCUT2D eigenvalue weighted by atomic mass is 16.3. The van der Waals surface area contributed by atoms with Crippen molar-refractivity contribution in [2.45, 2.75) is 40.0 Å². The minimum absolute atomic E-state index is 0.731. The van der Waals surface area contributed by atoms with Crippen LogP contribution in [0.25, 0.3) is 11.1 Å². The summed E-state index contributed by atoms with van der Waals surface area (Å²) in [5.41, 5.74) is 7.77. The minimum Gasteiger partial charge on any atom is -0.457 e. The highest BCUT2D eigenvalue weighted by Gasteiger charge is 2.15. The van der Waals surface area contributed by atoms with Crippen molar-refractivity contribution in [3.63, 3.8) is 0 Å². The van der Waals surface area contributed by atoms with E-state index in [2.05, 4.69) is 68.4 Å². The molecule has 0 aliphatic heterocycles. The van der Waals surface area contributed by atoms with Crippen LogP contribution in [-0.4, -0.2) is 9.97 Å². The van der Waals surface area contributed by atoms with Gasteiger partial charge in [0.25, 0.3) is 0 Å². The molecule has 2 heterocycles. The number of fused-ring (bicyclic) bond motifs is 1. The Bertz CT molecular complexity index is 1080. The molecule has 4 aromatic rings. The molecule has 0 unspecified atom stereocenters. The summed E-state index contributed by atoms with van der Waals surface area (Å²) in [5.74, 6) is 1.79. The fourth-order valence-electron chi connectivity index (χ4n) is 3.49. The van der Waals surface area contributed by atoms with Gasteiger partial charge >= 0.3 is 0 Å². The molecule has 27 heavy (non-hydrogen) atoms. The van der Waals surface area contributed by atoms with Crippen LogP contribution in [0.2, 0.25) is 0 Å². The lowest BCUT2D eigenvalue weighted by atomic mass is 10.0. The minimum atomic E-state index is 0.731. The van der Waals surface area contributed by atoms with E-state index in [0.29, 0.717) is 0 Å². The lowest BCUT2D eigenvalue weighted by Crippen LogP contribution is -2.01. The molecule has 2 aromatic carbocycles. The van der Waals surface area contributed by atoms with E-state index >= 15 is 0 Å². The van der Waals surface area contributed by atoms with Crippen molar-refractivity contribution in [3.05, 3.63) is 94.1 Å². The average molecular weight is 356 g/mol. The third kappa shape index (κ3) is 3.63. The van der Waals surface area contributed by atoms with Crippen LogP contribution < -0.4 is 0 Å². The zero-order valence-electron chi connectivity index (χ0n) is 16.1. The Morgan fingerprint density at radius 2 is 1.52 bits per heavy atom. The Morgan fingerprint density at radius 3 is 2.26 bits per heavy atom. The second-order valence-corrected chi connectivity index (χ2v) is 7.06. The number of hydrogen-bond acceptors (Lipinski definition) is 3. The molecule has 0 amide bonds. The molecule has 0 N–H and O–H groups in total. The quantitative estimate of drug-likeness (QED) is 0.468. The van der Waals surface area contributed by atoms with Crippen LogP contribution in [0.1, 0.15) is 46.5 Å². The summed E-state index contributed by atoms with van der Waals surface area (Å²) < 4.78 is 5.89. The van der Waals surface area contributed by atoms with Crippen molar-refractivity contribution in [2.24, 2.45) is 0 Å². The fourth-order valence-corrected chi connectivity index (χ4v) is 3.49. The van der Waals surface area contributed by atoms with Gasteiger partial charge < -0.3 is 4.42 Å². The van der Waals surface area contributed by atoms with Gasteiger partial charge in [-0.1, -0.05) is 61.5 Å². The number of benzene rings is 2. The highest BCUT2D eigenvalue weighted by molar-refractivity contribution is 5.79. The molecule has 3 heteroatoms. The van der Waals surface area contributed by atoms with Gasteiger partial charge in [0.1, 0.15) is 17.1 Å². The molecule has 0 atom stereocenters. The van der Waals surface area contributed by atoms with E-state index in [0.717, 1.165) is 53.2 Å². The smallest absolute Gasteiger partial charge is 0.174 e. The molecule has 0 aliphatic rings. The largest absolute Gasteiger partial charge is 0.457 e. The first-order chi connectivity index (χ1) is 13.1. The number of aromatic nitrogens is 2. The Balaban J connectivity index is 1.64. The molecule has 0 saturated heterocycles. The van der Waals surface area contributed by atoms with Gasteiger partial charge in [0.2, 0.25) is 0 Å². The molecule has 3 nitrogen and oxygen atoms in total. The van der Waals surface area contributed by atoms with Crippen LogP contribution in [0.15, 0.2) is 59.0 Å². The molecule has 136 valence electrons. The first-order valence-electron chi connectivity index (χ1n) is 9.51. The summed E-state index contributed by atoms with van der Waals surface area (Å²) >= 11 is 0. The van der Waals surface area contributed by atoms with E-state index in [-0.39, 0.29) is 0 Å². The molecule has 4 rings (SSSR count). The molecule has 2 aromatic heterocycles. The van der Waals surface area contributed by atoms with Crippen LogP contribution >= 0.6 is 0 Å².